The number of anilines is 2. The Morgan fingerprint density at radius 2 is 1.07 bits per heavy atom. The van der Waals surface area contributed by atoms with E-state index in [9.17, 15) is 9.59 Å². The van der Waals surface area contributed by atoms with Crippen LogP contribution in [0.4, 0.5) is 11.4 Å². The van der Waals surface area contributed by atoms with Crippen molar-refractivity contribution >= 4 is 22.9 Å². The fourth-order valence-corrected chi connectivity index (χ4v) is 10.7. The maximum Gasteiger partial charge on any atom is 0.158 e. The van der Waals surface area contributed by atoms with Crippen LogP contribution in [0.2, 0.25) is 0 Å². The van der Waals surface area contributed by atoms with E-state index in [1.807, 2.05) is 12.2 Å². The summed E-state index contributed by atoms with van der Waals surface area (Å²) >= 11 is 0. The van der Waals surface area contributed by atoms with E-state index in [4.69, 9.17) is 0 Å². The summed E-state index contributed by atoms with van der Waals surface area (Å²) in [5, 5.41) is 0. The second kappa shape index (κ2) is 9.18. The molecule has 2 aromatic carbocycles. The van der Waals surface area contributed by atoms with Crippen LogP contribution in [0, 0.1) is 22.7 Å². The Balaban J connectivity index is 1.12. The third kappa shape index (κ3) is 4.15. The van der Waals surface area contributed by atoms with Crippen molar-refractivity contribution in [1.82, 2.24) is 0 Å². The zero-order valence-electron chi connectivity index (χ0n) is 26.3. The van der Waals surface area contributed by atoms with Gasteiger partial charge in [0.15, 0.2) is 11.6 Å². The highest BCUT2D eigenvalue weighted by atomic mass is 16.1. The lowest BCUT2D eigenvalue weighted by molar-refractivity contribution is -0.140. The minimum absolute atomic E-state index is 0.0411. The zero-order valence-corrected chi connectivity index (χ0v) is 26.3. The molecule has 2 aliphatic heterocycles. The third-order valence-electron chi connectivity index (χ3n) is 11.9. The monoisotopic (exact) mass is 562 g/mol. The Hall–Kier alpha value is -3.14. The summed E-state index contributed by atoms with van der Waals surface area (Å²) in [5.74, 6) is 1.82. The van der Waals surface area contributed by atoms with Crippen molar-refractivity contribution < 1.29 is 9.59 Å². The number of hydrogen-bond donors (Lipinski definition) is 0. The van der Waals surface area contributed by atoms with Crippen molar-refractivity contribution in [2.45, 2.75) is 89.9 Å². The van der Waals surface area contributed by atoms with E-state index < -0.39 is 0 Å². The van der Waals surface area contributed by atoms with Crippen LogP contribution in [0.1, 0.15) is 90.2 Å². The fourth-order valence-electron chi connectivity index (χ4n) is 10.7. The van der Waals surface area contributed by atoms with E-state index >= 15 is 0 Å². The van der Waals surface area contributed by atoms with Crippen LogP contribution in [0.25, 0.3) is 0 Å². The Morgan fingerprint density at radius 3 is 1.45 bits per heavy atom. The maximum atomic E-state index is 13.9. The quantitative estimate of drug-likeness (QED) is 0.334. The highest BCUT2D eigenvalue weighted by Gasteiger charge is 2.58. The van der Waals surface area contributed by atoms with E-state index in [0.29, 0.717) is 24.7 Å². The van der Waals surface area contributed by atoms with Gasteiger partial charge in [-0.05, 0) is 84.5 Å². The van der Waals surface area contributed by atoms with Gasteiger partial charge in [-0.25, -0.2) is 0 Å². The molecule has 2 atom stereocenters. The number of fused-ring (bicyclic) bond motifs is 2. The smallest absolute Gasteiger partial charge is 0.158 e. The number of benzene rings is 2. The number of allylic oxidation sites excluding steroid dienone is 4. The number of hydrogen-bond acceptors (Lipinski definition) is 4. The Bertz CT molecular complexity index is 1420. The molecular formula is C38H46N2O2. The normalized spacial score (nSPS) is 33.4. The third-order valence-corrected chi connectivity index (χ3v) is 11.9. The van der Waals surface area contributed by atoms with Gasteiger partial charge in [-0.1, -0.05) is 64.1 Å². The van der Waals surface area contributed by atoms with Gasteiger partial charge in [-0.2, -0.15) is 0 Å². The van der Waals surface area contributed by atoms with Gasteiger partial charge < -0.3 is 9.80 Å². The van der Waals surface area contributed by atoms with E-state index in [1.54, 1.807) is 0 Å². The lowest BCUT2D eigenvalue weighted by Crippen LogP contribution is -2.53. The lowest BCUT2D eigenvalue weighted by atomic mass is 9.42. The molecule has 2 aromatic rings. The minimum Gasteiger partial charge on any atom is -0.347 e. The number of ketones is 2. The van der Waals surface area contributed by atoms with Gasteiger partial charge in [-0.15, -0.1) is 0 Å². The van der Waals surface area contributed by atoms with Crippen LogP contribution >= 0.6 is 0 Å². The van der Waals surface area contributed by atoms with Crippen LogP contribution in [-0.2, 0) is 20.4 Å². The van der Waals surface area contributed by atoms with E-state index in [1.165, 1.54) is 28.9 Å². The lowest BCUT2D eigenvalue weighted by Gasteiger charge is -2.62. The first-order valence-corrected chi connectivity index (χ1v) is 16.0. The second-order valence-electron chi connectivity index (χ2n) is 15.7. The van der Waals surface area contributed by atoms with Crippen molar-refractivity contribution in [3.8, 4) is 0 Å². The molecule has 0 spiro atoms. The number of rotatable bonds is 6. The molecule has 42 heavy (non-hydrogen) atoms. The zero-order chi connectivity index (χ0) is 29.7. The van der Waals surface area contributed by atoms with Crippen LogP contribution < -0.4 is 9.80 Å². The SMILES string of the molecule is CN1/C(=C\C(=O)CC23CC4CC(C2)CC(CC(=O)/C=C2/N(C)c5ccccc5C2(C)C)(C4)C3)C(C)(C)c2ccccc21. The number of carbonyl (C=O) groups is 2. The predicted molar refractivity (Wildman–Crippen MR) is 171 cm³/mol. The summed E-state index contributed by atoms with van der Waals surface area (Å²) in [4.78, 5) is 32.1. The van der Waals surface area contributed by atoms with Crippen molar-refractivity contribution in [1.29, 1.82) is 0 Å². The molecule has 2 unspecified atom stereocenters. The molecule has 4 saturated carbocycles. The average molecular weight is 563 g/mol. The molecule has 4 bridgehead atoms. The molecule has 0 N–H and O–H groups in total. The summed E-state index contributed by atoms with van der Waals surface area (Å²) in [7, 11) is 4.18. The average Bonchev–Trinajstić information content (AvgIpc) is 3.22. The van der Waals surface area contributed by atoms with Gasteiger partial charge in [-0.3, -0.25) is 9.59 Å². The first-order chi connectivity index (χ1) is 19.8. The van der Waals surface area contributed by atoms with Gasteiger partial charge in [0.1, 0.15) is 0 Å². The predicted octanol–water partition coefficient (Wildman–Crippen LogP) is 8.11. The van der Waals surface area contributed by atoms with Crippen molar-refractivity contribution in [2.24, 2.45) is 22.7 Å². The molecule has 2 heterocycles. The van der Waals surface area contributed by atoms with Gasteiger partial charge in [0.25, 0.3) is 0 Å². The van der Waals surface area contributed by atoms with Crippen LogP contribution in [0.5, 0.6) is 0 Å². The topological polar surface area (TPSA) is 40.6 Å². The molecule has 4 heteroatoms. The molecule has 4 aliphatic carbocycles. The highest BCUT2D eigenvalue weighted by Crippen LogP contribution is 2.67. The van der Waals surface area contributed by atoms with Gasteiger partial charge in [0, 0.05) is 72.7 Å². The standard InChI is InChI=1S/C38H46N2O2/c1-35(2)29-11-7-9-13-31(29)39(5)33(35)16-27(41)22-37-18-25-15-26(19-37)21-38(20-25,24-37)23-28(42)17-34-36(3,4)30-12-8-10-14-32(30)40(34)6/h7-14,16-17,25-26H,15,18-24H2,1-6H3/b33-16-,34-17+. The van der Waals surface area contributed by atoms with Crippen molar-refractivity contribution in [3.63, 3.8) is 0 Å². The highest BCUT2D eigenvalue weighted by molar-refractivity contribution is 5.94. The maximum absolute atomic E-state index is 13.9. The molecule has 220 valence electrons. The summed E-state index contributed by atoms with van der Waals surface area (Å²) < 4.78 is 0. The molecule has 0 amide bonds. The van der Waals surface area contributed by atoms with Crippen molar-refractivity contribution in [2.75, 3.05) is 23.9 Å². The van der Waals surface area contributed by atoms with Crippen LogP contribution in [-0.4, -0.2) is 25.7 Å². The van der Waals surface area contributed by atoms with Gasteiger partial charge in [0.2, 0.25) is 0 Å². The van der Waals surface area contributed by atoms with Crippen LogP contribution in [0.15, 0.2) is 72.1 Å². The summed E-state index contributed by atoms with van der Waals surface area (Å²) in [6, 6.07) is 17.0. The summed E-state index contributed by atoms with van der Waals surface area (Å²) in [5.41, 5.74) is 6.86. The molecule has 8 rings (SSSR count). The molecule has 0 saturated heterocycles. The summed E-state index contributed by atoms with van der Waals surface area (Å²) in [6.07, 6.45) is 12.1. The van der Waals surface area contributed by atoms with Crippen molar-refractivity contribution in [3.05, 3.63) is 83.2 Å². The Labute approximate surface area is 251 Å². The first kappa shape index (κ1) is 27.7. The molecule has 6 aliphatic rings. The molecule has 4 nitrogen and oxygen atoms in total. The van der Waals surface area contributed by atoms with E-state index in [2.05, 4.69) is 100 Å². The number of nitrogens with zero attached hydrogens (tertiary/aromatic N) is 2. The van der Waals surface area contributed by atoms with E-state index in [0.717, 1.165) is 43.5 Å². The summed E-state index contributed by atoms with van der Waals surface area (Å²) in [6.45, 7) is 8.93. The fraction of sp³-hybridized carbons (Fsp3) is 0.526. The number of para-hydroxylation sites is 2. The minimum atomic E-state index is -0.190. The number of likely N-dealkylation sites (N-methyl/N-ethyl adjacent to an activating group) is 2. The van der Waals surface area contributed by atoms with Gasteiger partial charge in [0.05, 0.1) is 0 Å². The molecule has 0 aromatic heterocycles. The van der Waals surface area contributed by atoms with Crippen LogP contribution in [0.3, 0.4) is 0 Å². The largest absolute Gasteiger partial charge is 0.347 e. The van der Waals surface area contributed by atoms with E-state index in [-0.39, 0.29) is 33.2 Å². The number of carbonyl (C=O) groups excluding carboxylic acids is 2. The molecule has 4 fully saturated rings. The second-order valence-corrected chi connectivity index (χ2v) is 15.7. The Kier molecular flexibility index (Phi) is 6.05. The molecular weight excluding hydrogens is 516 g/mol. The molecule has 0 radical (unpaired) electrons. The van der Waals surface area contributed by atoms with Gasteiger partial charge >= 0.3 is 0 Å². The Morgan fingerprint density at radius 1 is 0.690 bits per heavy atom. The first-order valence-electron chi connectivity index (χ1n) is 16.0.